The maximum Gasteiger partial charge on any atom is 0.186 e. The Balaban J connectivity index is 1.61. The molecule has 1 aromatic rings. The molecule has 0 radical (unpaired) electrons. The van der Waals surface area contributed by atoms with Crippen molar-refractivity contribution in [3.8, 4) is 0 Å². The predicted molar refractivity (Wildman–Crippen MR) is 70.5 cm³/mol. The minimum atomic E-state index is -0.0442. The standard InChI is InChI=1S/C12H20N4OS/c1-16-11(13-8-14-16)18-10-4-5-12(6-10,7-17)15-9-2-3-9/h8-10,15,17H,2-7H2,1H3. The second-order valence-corrected chi connectivity index (χ2v) is 6.77. The molecule has 2 saturated carbocycles. The summed E-state index contributed by atoms with van der Waals surface area (Å²) in [6.07, 6.45) is 7.36. The van der Waals surface area contributed by atoms with E-state index in [4.69, 9.17) is 0 Å². The first-order valence-corrected chi connectivity index (χ1v) is 7.48. The van der Waals surface area contributed by atoms with Gasteiger partial charge < -0.3 is 10.4 Å². The number of hydrogen-bond acceptors (Lipinski definition) is 5. The zero-order valence-electron chi connectivity index (χ0n) is 10.7. The van der Waals surface area contributed by atoms with Gasteiger partial charge in [0, 0.05) is 23.9 Å². The number of aryl methyl sites for hydroxylation is 1. The fourth-order valence-corrected chi connectivity index (χ4v) is 3.94. The molecule has 0 amide bonds. The van der Waals surface area contributed by atoms with Gasteiger partial charge >= 0.3 is 0 Å². The summed E-state index contributed by atoms with van der Waals surface area (Å²) in [5.41, 5.74) is -0.0442. The van der Waals surface area contributed by atoms with E-state index in [-0.39, 0.29) is 12.1 Å². The molecule has 18 heavy (non-hydrogen) atoms. The number of nitrogens with zero attached hydrogens (tertiary/aromatic N) is 3. The van der Waals surface area contributed by atoms with Crippen molar-refractivity contribution in [2.75, 3.05) is 6.61 Å². The van der Waals surface area contributed by atoms with E-state index in [1.807, 2.05) is 11.7 Å². The molecule has 3 rings (SSSR count). The van der Waals surface area contributed by atoms with Crippen LogP contribution in [-0.2, 0) is 7.05 Å². The Labute approximate surface area is 111 Å². The Morgan fingerprint density at radius 2 is 2.39 bits per heavy atom. The van der Waals surface area contributed by atoms with Crippen LogP contribution in [0, 0.1) is 0 Å². The molecule has 0 aliphatic heterocycles. The summed E-state index contributed by atoms with van der Waals surface area (Å²) in [4.78, 5) is 4.26. The fourth-order valence-electron chi connectivity index (χ4n) is 2.70. The third kappa shape index (κ3) is 2.55. The number of rotatable bonds is 5. The van der Waals surface area contributed by atoms with E-state index in [0.29, 0.717) is 11.3 Å². The number of aliphatic hydroxyl groups excluding tert-OH is 1. The molecule has 100 valence electrons. The average Bonchev–Trinajstić information content (AvgIpc) is 2.94. The molecule has 5 nitrogen and oxygen atoms in total. The van der Waals surface area contributed by atoms with Gasteiger partial charge in [-0.2, -0.15) is 5.10 Å². The first-order valence-electron chi connectivity index (χ1n) is 6.60. The molecule has 2 N–H and O–H groups in total. The highest BCUT2D eigenvalue weighted by atomic mass is 32.2. The van der Waals surface area contributed by atoms with Crippen molar-refractivity contribution >= 4 is 11.8 Å². The van der Waals surface area contributed by atoms with Crippen LogP contribution in [0.2, 0.25) is 0 Å². The largest absolute Gasteiger partial charge is 0.394 e. The molecule has 2 atom stereocenters. The van der Waals surface area contributed by atoms with Crippen LogP contribution in [0.4, 0.5) is 0 Å². The van der Waals surface area contributed by atoms with Crippen LogP contribution >= 0.6 is 11.8 Å². The smallest absolute Gasteiger partial charge is 0.186 e. The molecule has 0 spiro atoms. The van der Waals surface area contributed by atoms with Gasteiger partial charge in [0.15, 0.2) is 5.16 Å². The molecule has 2 aliphatic rings. The van der Waals surface area contributed by atoms with Crippen LogP contribution in [0.25, 0.3) is 0 Å². The number of thioether (sulfide) groups is 1. The molecule has 0 bridgehead atoms. The van der Waals surface area contributed by atoms with Crippen LogP contribution in [0.15, 0.2) is 11.5 Å². The van der Waals surface area contributed by atoms with Gasteiger partial charge in [-0.25, -0.2) is 9.67 Å². The average molecular weight is 268 g/mol. The summed E-state index contributed by atoms with van der Waals surface area (Å²) < 4.78 is 1.82. The van der Waals surface area contributed by atoms with Crippen LogP contribution in [0.5, 0.6) is 0 Å². The molecular weight excluding hydrogens is 248 g/mol. The first kappa shape index (κ1) is 12.4. The summed E-state index contributed by atoms with van der Waals surface area (Å²) in [7, 11) is 1.92. The third-order valence-electron chi connectivity index (χ3n) is 3.90. The van der Waals surface area contributed by atoms with Gasteiger partial charge in [-0.05, 0) is 32.1 Å². The van der Waals surface area contributed by atoms with E-state index in [2.05, 4.69) is 15.4 Å². The van der Waals surface area contributed by atoms with Gasteiger partial charge in [0.25, 0.3) is 0 Å². The maximum atomic E-state index is 9.69. The second kappa shape index (κ2) is 4.83. The van der Waals surface area contributed by atoms with Gasteiger partial charge in [0.2, 0.25) is 0 Å². The van der Waals surface area contributed by atoms with E-state index < -0.39 is 0 Å². The van der Waals surface area contributed by atoms with Gasteiger partial charge in [0.05, 0.1) is 6.61 Å². The molecule has 2 aliphatic carbocycles. The Morgan fingerprint density at radius 1 is 1.56 bits per heavy atom. The molecule has 2 unspecified atom stereocenters. The van der Waals surface area contributed by atoms with E-state index in [1.54, 1.807) is 18.1 Å². The van der Waals surface area contributed by atoms with Gasteiger partial charge in [-0.15, -0.1) is 0 Å². The van der Waals surface area contributed by atoms with E-state index >= 15 is 0 Å². The number of aliphatic hydroxyl groups is 1. The summed E-state index contributed by atoms with van der Waals surface area (Å²) in [6.45, 7) is 0.249. The highest BCUT2D eigenvalue weighted by molar-refractivity contribution is 7.99. The normalized spacial score (nSPS) is 32.0. The summed E-state index contributed by atoms with van der Waals surface area (Å²) in [5.74, 6) is 0. The lowest BCUT2D eigenvalue weighted by Gasteiger charge is -2.28. The van der Waals surface area contributed by atoms with Crippen molar-refractivity contribution < 1.29 is 5.11 Å². The lowest BCUT2D eigenvalue weighted by Crippen LogP contribution is -2.47. The van der Waals surface area contributed by atoms with Crippen LogP contribution in [0.3, 0.4) is 0 Å². The van der Waals surface area contributed by atoms with Crippen molar-refractivity contribution in [1.29, 1.82) is 0 Å². The number of nitrogens with one attached hydrogen (secondary N) is 1. The van der Waals surface area contributed by atoms with Crippen LogP contribution in [-0.4, -0.2) is 43.3 Å². The first-order chi connectivity index (χ1) is 8.71. The van der Waals surface area contributed by atoms with Crippen LogP contribution in [0.1, 0.15) is 32.1 Å². The number of aromatic nitrogens is 3. The van der Waals surface area contributed by atoms with Gasteiger partial charge in [-0.1, -0.05) is 11.8 Å². The summed E-state index contributed by atoms with van der Waals surface area (Å²) in [6, 6.07) is 0.649. The van der Waals surface area contributed by atoms with Crippen molar-refractivity contribution in [2.24, 2.45) is 7.05 Å². The summed E-state index contributed by atoms with van der Waals surface area (Å²) >= 11 is 1.79. The second-order valence-electron chi connectivity index (χ2n) is 5.51. The van der Waals surface area contributed by atoms with Crippen molar-refractivity contribution in [2.45, 2.75) is 54.1 Å². The quantitative estimate of drug-likeness (QED) is 0.832. The zero-order valence-corrected chi connectivity index (χ0v) is 11.5. The molecule has 2 fully saturated rings. The van der Waals surface area contributed by atoms with Crippen molar-refractivity contribution in [1.82, 2.24) is 20.1 Å². The van der Waals surface area contributed by atoms with E-state index in [9.17, 15) is 5.11 Å². The Kier molecular flexibility index (Phi) is 3.34. The minimum Gasteiger partial charge on any atom is -0.394 e. The SMILES string of the molecule is Cn1ncnc1SC1CCC(CO)(NC2CC2)C1. The van der Waals surface area contributed by atoms with Crippen molar-refractivity contribution in [3.05, 3.63) is 6.33 Å². The molecule has 1 aromatic heterocycles. The minimum absolute atomic E-state index is 0.0442. The van der Waals surface area contributed by atoms with Gasteiger partial charge in [-0.3, -0.25) is 0 Å². The molecule has 6 heteroatoms. The van der Waals surface area contributed by atoms with E-state index in [1.165, 1.54) is 12.8 Å². The monoisotopic (exact) mass is 268 g/mol. The van der Waals surface area contributed by atoms with Crippen molar-refractivity contribution in [3.63, 3.8) is 0 Å². The Bertz CT molecular complexity index is 420. The molecular formula is C12H20N4OS. The summed E-state index contributed by atoms with van der Waals surface area (Å²) in [5, 5.41) is 18.9. The number of hydrogen-bond donors (Lipinski definition) is 2. The maximum absolute atomic E-state index is 9.69. The zero-order chi connectivity index (χ0) is 12.6. The highest BCUT2D eigenvalue weighted by Crippen LogP contribution is 2.40. The van der Waals surface area contributed by atoms with Crippen LogP contribution < -0.4 is 5.32 Å². The predicted octanol–water partition coefficient (Wildman–Crippen LogP) is 0.943. The third-order valence-corrected chi connectivity index (χ3v) is 5.21. The van der Waals surface area contributed by atoms with E-state index in [0.717, 1.165) is 24.4 Å². The Morgan fingerprint density at radius 3 is 3.00 bits per heavy atom. The molecule has 0 saturated heterocycles. The fraction of sp³-hybridized carbons (Fsp3) is 0.833. The molecule has 1 heterocycles. The Hall–Kier alpha value is -0.590. The van der Waals surface area contributed by atoms with Gasteiger partial charge in [0.1, 0.15) is 6.33 Å². The topological polar surface area (TPSA) is 63.0 Å². The highest BCUT2D eigenvalue weighted by Gasteiger charge is 2.42. The lowest BCUT2D eigenvalue weighted by molar-refractivity contribution is 0.163. The lowest BCUT2D eigenvalue weighted by atomic mass is 9.99. The molecule has 0 aromatic carbocycles.